The predicted molar refractivity (Wildman–Crippen MR) is 103 cm³/mol. The highest BCUT2D eigenvalue weighted by molar-refractivity contribution is 5.89. The number of rotatable bonds is 12. The van der Waals surface area contributed by atoms with Gasteiger partial charge in [0, 0.05) is 23.6 Å². The van der Waals surface area contributed by atoms with Gasteiger partial charge in [0.15, 0.2) is 0 Å². The largest absolute Gasteiger partial charge is 0.493 e. The molecule has 1 heterocycles. The number of hydrogen-bond acceptors (Lipinski definition) is 4. The van der Waals surface area contributed by atoms with E-state index in [4.69, 9.17) is 14.9 Å². The zero-order valence-corrected chi connectivity index (χ0v) is 15.9. The number of nitrogens with zero attached hydrogens (tertiary/aromatic N) is 1. The van der Waals surface area contributed by atoms with Gasteiger partial charge in [0.2, 0.25) is 0 Å². The van der Waals surface area contributed by atoms with Crippen LogP contribution in [0.1, 0.15) is 31.2 Å². The van der Waals surface area contributed by atoms with Gasteiger partial charge in [0.05, 0.1) is 18.9 Å². The molecule has 0 amide bonds. The minimum absolute atomic E-state index is 0.339. The number of carboxylic acids is 2. The van der Waals surface area contributed by atoms with E-state index < -0.39 is 17.9 Å². The highest BCUT2D eigenvalue weighted by Crippen LogP contribution is 2.29. The van der Waals surface area contributed by atoms with Crippen molar-refractivity contribution in [3.05, 3.63) is 30.0 Å². The van der Waals surface area contributed by atoms with Crippen molar-refractivity contribution < 1.29 is 24.5 Å². The summed E-state index contributed by atoms with van der Waals surface area (Å²) in [6.07, 6.45) is 4.23. The Morgan fingerprint density at radius 1 is 1.22 bits per heavy atom. The number of carbonyl (C=O) groups is 2. The highest BCUT2D eigenvalue weighted by Gasteiger charge is 2.20. The van der Waals surface area contributed by atoms with Crippen LogP contribution in [-0.4, -0.2) is 59.3 Å². The van der Waals surface area contributed by atoms with Crippen LogP contribution in [0.4, 0.5) is 0 Å². The van der Waals surface area contributed by atoms with E-state index in [-0.39, 0.29) is 6.42 Å². The van der Waals surface area contributed by atoms with Gasteiger partial charge in [-0.1, -0.05) is 6.07 Å². The molecule has 1 aromatic heterocycles. The lowest BCUT2D eigenvalue weighted by molar-refractivity contribution is -0.148. The standard InChI is InChI=1S/C20H28N2O5/c1-22(2)10-9-15-13-21-16-7-5-8-17(19(15)16)27-11-4-3-6-14(20(25)26)12-18(23)24/h5,7-8,13-14,21H,3-4,6,9-12H2,1-2H3,(H,23,24)(H,25,26). The van der Waals surface area contributed by atoms with Crippen molar-refractivity contribution in [2.24, 2.45) is 5.92 Å². The maximum atomic E-state index is 11.1. The summed E-state index contributed by atoms with van der Waals surface area (Å²) < 4.78 is 5.95. The number of aromatic amines is 1. The summed E-state index contributed by atoms with van der Waals surface area (Å²) >= 11 is 0. The Morgan fingerprint density at radius 3 is 2.67 bits per heavy atom. The molecule has 7 nitrogen and oxygen atoms in total. The van der Waals surface area contributed by atoms with Crippen LogP contribution < -0.4 is 4.74 Å². The number of aromatic nitrogens is 1. The smallest absolute Gasteiger partial charge is 0.307 e. The maximum absolute atomic E-state index is 11.1. The number of nitrogens with one attached hydrogen (secondary N) is 1. The molecule has 0 aliphatic heterocycles. The second-order valence-electron chi connectivity index (χ2n) is 7.02. The van der Waals surface area contributed by atoms with Crippen molar-refractivity contribution >= 4 is 22.8 Å². The van der Waals surface area contributed by atoms with Crippen molar-refractivity contribution in [2.45, 2.75) is 32.1 Å². The van der Waals surface area contributed by atoms with E-state index in [1.54, 1.807) is 0 Å². The molecule has 2 rings (SSSR count). The Morgan fingerprint density at radius 2 is 2.00 bits per heavy atom. The molecule has 7 heteroatoms. The molecule has 1 atom stereocenters. The molecule has 1 unspecified atom stereocenters. The maximum Gasteiger partial charge on any atom is 0.307 e. The lowest BCUT2D eigenvalue weighted by atomic mass is 9.99. The van der Waals surface area contributed by atoms with E-state index in [9.17, 15) is 9.59 Å². The number of likely N-dealkylation sites (N-methyl/N-ethyl adjacent to an activating group) is 1. The number of carboxylic acid groups (broad SMARTS) is 2. The summed E-state index contributed by atoms with van der Waals surface area (Å²) in [4.78, 5) is 27.2. The van der Waals surface area contributed by atoms with Gasteiger partial charge in [-0.05, 0) is 57.5 Å². The third-order valence-electron chi connectivity index (χ3n) is 4.55. The van der Waals surface area contributed by atoms with Crippen LogP contribution in [0.5, 0.6) is 5.75 Å². The normalized spacial score (nSPS) is 12.4. The van der Waals surface area contributed by atoms with Crippen LogP contribution in [0.3, 0.4) is 0 Å². The number of unbranched alkanes of at least 4 members (excludes halogenated alkanes) is 1. The second-order valence-corrected chi connectivity index (χ2v) is 7.02. The third kappa shape index (κ3) is 6.29. The SMILES string of the molecule is CN(C)CCc1c[nH]c2cccc(OCCCCC(CC(=O)O)C(=O)O)c12. The Kier molecular flexibility index (Phi) is 7.67. The van der Waals surface area contributed by atoms with Gasteiger partial charge in [-0.3, -0.25) is 9.59 Å². The van der Waals surface area contributed by atoms with Crippen molar-refractivity contribution in [3.63, 3.8) is 0 Å². The summed E-state index contributed by atoms with van der Waals surface area (Å²) in [6.45, 7) is 1.41. The molecule has 0 aliphatic rings. The van der Waals surface area contributed by atoms with Gasteiger partial charge in [0.25, 0.3) is 0 Å². The number of H-pyrrole nitrogens is 1. The van der Waals surface area contributed by atoms with Crippen LogP contribution in [0.2, 0.25) is 0 Å². The second kappa shape index (κ2) is 9.97. The summed E-state index contributed by atoms with van der Waals surface area (Å²) in [7, 11) is 4.09. The van der Waals surface area contributed by atoms with Crippen LogP contribution in [-0.2, 0) is 16.0 Å². The Labute approximate surface area is 158 Å². The first-order chi connectivity index (χ1) is 12.9. The summed E-state index contributed by atoms with van der Waals surface area (Å²) in [5.74, 6) is -2.15. The van der Waals surface area contributed by atoms with E-state index in [1.165, 1.54) is 5.56 Å². The summed E-state index contributed by atoms with van der Waals surface area (Å²) in [5, 5.41) is 18.9. The number of hydrogen-bond donors (Lipinski definition) is 3. The first kappa shape index (κ1) is 20.8. The summed E-state index contributed by atoms with van der Waals surface area (Å²) in [6, 6.07) is 5.90. The first-order valence-electron chi connectivity index (χ1n) is 9.19. The van der Waals surface area contributed by atoms with Crippen LogP contribution >= 0.6 is 0 Å². The fraction of sp³-hybridized carbons (Fsp3) is 0.500. The molecule has 0 saturated carbocycles. The topological polar surface area (TPSA) is 103 Å². The fourth-order valence-electron chi connectivity index (χ4n) is 3.08. The lowest BCUT2D eigenvalue weighted by Crippen LogP contribution is -2.18. The Balaban J connectivity index is 1.90. The van der Waals surface area contributed by atoms with Gasteiger partial charge in [-0.2, -0.15) is 0 Å². The van der Waals surface area contributed by atoms with Gasteiger partial charge >= 0.3 is 11.9 Å². The van der Waals surface area contributed by atoms with E-state index >= 15 is 0 Å². The van der Waals surface area contributed by atoms with Crippen molar-refractivity contribution in [1.29, 1.82) is 0 Å². The number of fused-ring (bicyclic) bond motifs is 1. The van der Waals surface area contributed by atoms with Crippen molar-refractivity contribution in [2.75, 3.05) is 27.2 Å². The van der Waals surface area contributed by atoms with Gasteiger partial charge in [-0.15, -0.1) is 0 Å². The molecule has 0 spiro atoms. The van der Waals surface area contributed by atoms with Crippen molar-refractivity contribution in [3.8, 4) is 5.75 Å². The zero-order valence-electron chi connectivity index (χ0n) is 15.9. The molecule has 1 aromatic carbocycles. The first-order valence-corrected chi connectivity index (χ1v) is 9.19. The molecule has 27 heavy (non-hydrogen) atoms. The third-order valence-corrected chi connectivity index (χ3v) is 4.55. The molecular weight excluding hydrogens is 348 g/mol. The number of benzene rings is 1. The van der Waals surface area contributed by atoms with E-state index in [0.29, 0.717) is 25.9 Å². The van der Waals surface area contributed by atoms with Gasteiger partial charge in [-0.25, -0.2) is 0 Å². The van der Waals surface area contributed by atoms with Crippen LogP contribution in [0.25, 0.3) is 10.9 Å². The Hall–Kier alpha value is -2.54. The molecule has 0 saturated heterocycles. The molecule has 148 valence electrons. The molecule has 2 aromatic rings. The highest BCUT2D eigenvalue weighted by atomic mass is 16.5. The number of ether oxygens (including phenoxy) is 1. The monoisotopic (exact) mass is 376 g/mol. The molecule has 0 radical (unpaired) electrons. The molecule has 0 aliphatic carbocycles. The lowest BCUT2D eigenvalue weighted by Gasteiger charge is -2.12. The fourth-order valence-corrected chi connectivity index (χ4v) is 3.08. The van der Waals surface area contributed by atoms with Gasteiger partial charge in [0.1, 0.15) is 5.75 Å². The van der Waals surface area contributed by atoms with Crippen molar-refractivity contribution in [1.82, 2.24) is 9.88 Å². The van der Waals surface area contributed by atoms with Crippen LogP contribution in [0.15, 0.2) is 24.4 Å². The van der Waals surface area contributed by atoms with E-state index in [1.807, 2.05) is 38.5 Å². The quantitative estimate of drug-likeness (QED) is 0.492. The van der Waals surface area contributed by atoms with E-state index in [2.05, 4.69) is 9.88 Å². The van der Waals surface area contributed by atoms with Crippen LogP contribution in [0, 0.1) is 5.92 Å². The molecule has 0 bridgehead atoms. The van der Waals surface area contributed by atoms with Gasteiger partial charge < -0.3 is 24.8 Å². The average Bonchev–Trinajstić information content (AvgIpc) is 3.02. The average molecular weight is 376 g/mol. The number of aliphatic carboxylic acids is 2. The molecule has 0 fully saturated rings. The predicted octanol–water partition coefficient (Wildman–Crippen LogP) is 3.00. The summed E-state index contributed by atoms with van der Waals surface area (Å²) in [5.41, 5.74) is 2.25. The van der Waals surface area contributed by atoms with E-state index in [0.717, 1.165) is 29.6 Å². The molecular formula is C20H28N2O5. The molecule has 3 N–H and O–H groups in total. The minimum atomic E-state index is -1.08. The minimum Gasteiger partial charge on any atom is -0.493 e. The Bertz CT molecular complexity index is 769. The zero-order chi connectivity index (χ0) is 19.8.